The predicted molar refractivity (Wildman–Crippen MR) is 75.3 cm³/mol. The second-order valence-corrected chi connectivity index (χ2v) is 6.22. The van der Waals surface area contributed by atoms with Gasteiger partial charge >= 0.3 is 0 Å². The van der Waals surface area contributed by atoms with Crippen molar-refractivity contribution in [3.63, 3.8) is 0 Å². The van der Waals surface area contributed by atoms with E-state index in [4.69, 9.17) is 4.74 Å². The monoisotopic (exact) mass is 283 g/mol. The quantitative estimate of drug-likeness (QED) is 0.778. The molecule has 2 fully saturated rings. The Morgan fingerprint density at radius 1 is 1.35 bits per heavy atom. The lowest BCUT2D eigenvalue weighted by atomic mass is 10.0. The molecular formula is C14H25N3O3. The zero-order valence-electron chi connectivity index (χ0n) is 12.6. The third-order valence-corrected chi connectivity index (χ3v) is 4.24. The summed E-state index contributed by atoms with van der Waals surface area (Å²) in [7, 11) is 1.71. The maximum absolute atomic E-state index is 12.3. The van der Waals surface area contributed by atoms with Crippen LogP contribution >= 0.6 is 0 Å². The highest BCUT2D eigenvalue weighted by atomic mass is 16.5. The minimum Gasteiger partial charge on any atom is -0.383 e. The van der Waals surface area contributed by atoms with E-state index in [2.05, 4.69) is 24.1 Å². The Hall–Kier alpha value is -1.14. The fourth-order valence-corrected chi connectivity index (χ4v) is 3.00. The van der Waals surface area contributed by atoms with Gasteiger partial charge < -0.3 is 15.0 Å². The van der Waals surface area contributed by atoms with E-state index in [9.17, 15) is 9.59 Å². The highest BCUT2D eigenvalue weighted by molar-refractivity contribution is 5.90. The highest BCUT2D eigenvalue weighted by Gasteiger charge is 2.35. The van der Waals surface area contributed by atoms with E-state index in [1.807, 2.05) is 4.90 Å². The first-order valence-corrected chi connectivity index (χ1v) is 7.26. The molecule has 6 nitrogen and oxygen atoms in total. The van der Waals surface area contributed by atoms with Gasteiger partial charge in [0, 0.05) is 45.2 Å². The van der Waals surface area contributed by atoms with Gasteiger partial charge in [-0.05, 0) is 20.3 Å². The van der Waals surface area contributed by atoms with Crippen LogP contribution < -0.4 is 5.32 Å². The van der Waals surface area contributed by atoms with Gasteiger partial charge in [-0.1, -0.05) is 0 Å². The minimum absolute atomic E-state index is 0.00847. The van der Waals surface area contributed by atoms with Crippen molar-refractivity contribution in [1.82, 2.24) is 15.1 Å². The van der Waals surface area contributed by atoms with Crippen molar-refractivity contribution < 1.29 is 14.3 Å². The van der Waals surface area contributed by atoms with Gasteiger partial charge in [-0.25, -0.2) is 0 Å². The van der Waals surface area contributed by atoms with Gasteiger partial charge in [0.25, 0.3) is 0 Å². The van der Waals surface area contributed by atoms with Gasteiger partial charge in [0.1, 0.15) is 6.04 Å². The van der Waals surface area contributed by atoms with E-state index < -0.39 is 0 Å². The fraction of sp³-hybridized carbons (Fsp3) is 0.857. The lowest BCUT2D eigenvalue weighted by molar-refractivity contribution is -0.137. The van der Waals surface area contributed by atoms with Gasteiger partial charge in [-0.3, -0.25) is 14.5 Å². The molecule has 0 radical (unpaired) electrons. The number of amides is 2. The van der Waals surface area contributed by atoms with E-state index in [0.717, 1.165) is 26.2 Å². The second kappa shape index (κ2) is 6.10. The molecule has 0 spiro atoms. The lowest BCUT2D eigenvalue weighted by Gasteiger charge is -2.44. The van der Waals surface area contributed by atoms with Crippen molar-refractivity contribution in [1.29, 1.82) is 0 Å². The van der Waals surface area contributed by atoms with E-state index in [1.165, 1.54) is 0 Å². The SMILES string of the molecule is COCC(C)(C)N1CCN(C(=O)[C@H]2CCC(=O)N2)CC1. The number of methoxy groups -OCH3 is 1. The van der Waals surface area contributed by atoms with Crippen molar-refractivity contribution in [3.8, 4) is 0 Å². The molecule has 1 N–H and O–H groups in total. The first-order chi connectivity index (χ1) is 9.44. The summed E-state index contributed by atoms with van der Waals surface area (Å²) in [5, 5.41) is 2.75. The molecule has 0 saturated carbocycles. The molecule has 2 aliphatic rings. The average molecular weight is 283 g/mol. The molecule has 114 valence electrons. The number of nitrogens with one attached hydrogen (secondary N) is 1. The topological polar surface area (TPSA) is 61.9 Å². The zero-order valence-corrected chi connectivity index (χ0v) is 12.6. The molecule has 2 aliphatic heterocycles. The average Bonchev–Trinajstić information content (AvgIpc) is 2.85. The second-order valence-electron chi connectivity index (χ2n) is 6.22. The molecule has 2 heterocycles. The molecule has 0 aromatic heterocycles. The maximum atomic E-state index is 12.3. The van der Waals surface area contributed by atoms with Crippen LogP contribution in [0.15, 0.2) is 0 Å². The van der Waals surface area contributed by atoms with Crippen molar-refractivity contribution in [2.45, 2.75) is 38.3 Å². The Morgan fingerprint density at radius 2 is 2.00 bits per heavy atom. The van der Waals surface area contributed by atoms with E-state index in [-0.39, 0.29) is 23.4 Å². The molecule has 1 atom stereocenters. The van der Waals surface area contributed by atoms with Crippen LogP contribution in [0.3, 0.4) is 0 Å². The van der Waals surface area contributed by atoms with Crippen LogP contribution in [0, 0.1) is 0 Å². The lowest BCUT2D eigenvalue weighted by Crippen LogP contribution is -2.59. The molecule has 20 heavy (non-hydrogen) atoms. The number of nitrogens with zero attached hydrogens (tertiary/aromatic N) is 2. The first-order valence-electron chi connectivity index (χ1n) is 7.26. The van der Waals surface area contributed by atoms with E-state index >= 15 is 0 Å². The van der Waals surface area contributed by atoms with Crippen LogP contribution in [0.5, 0.6) is 0 Å². The summed E-state index contributed by atoms with van der Waals surface area (Å²) in [5.41, 5.74) is -0.00847. The Balaban J connectivity index is 1.85. The molecule has 6 heteroatoms. The summed E-state index contributed by atoms with van der Waals surface area (Å²) >= 11 is 0. The van der Waals surface area contributed by atoms with Crippen molar-refractivity contribution >= 4 is 11.8 Å². The van der Waals surface area contributed by atoms with Gasteiger partial charge in [0.05, 0.1) is 6.61 Å². The van der Waals surface area contributed by atoms with Crippen molar-refractivity contribution in [2.24, 2.45) is 0 Å². The zero-order chi connectivity index (χ0) is 14.8. The summed E-state index contributed by atoms with van der Waals surface area (Å²) in [5.74, 6) is 0.0586. The third-order valence-electron chi connectivity index (χ3n) is 4.24. The summed E-state index contributed by atoms with van der Waals surface area (Å²) in [6.07, 6.45) is 1.10. The molecule has 0 aliphatic carbocycles. The van der Waals surface area contributed by atoms with Crippen LogP contribution in [-0.4, -0.2) is 73.1 Å². The van der Waals surface area contributed by atoms with Gasteiger partial charge in [-0.15, -0.1) is 0 Å². The fourth-order valence-electron chi connectivity index (χ4n) is 3.00. The molecule has 2 rings (SSSR count). The number of carbonyl (C=O) groups is 2. The summed E-state index contributed by atoms with van der Waals surface area (Å²) in [6, 6.07) is -0.305. The molecule has 2 saturated heterocycles. The van der Waals surface area contributed by atoms with E-state index in [1.54, 1.807) is 7.11 Å². The molecule has 0 unspecified atom stereocenters. The Bertz CT molecular complexity index is 376. The molecule has 0 aromatic rings. The molecule has 0 aromatic carbocycles. The van der Waals surface area contributed by atoms with Gasteiger partial charge in [-0.2, -0.15) is 0 Å². The first kappa shape index (κ1) is 15.3. The molecule has 0 bridgehead atoms. The van der Waals surface area contributed by atoms with Gasteiger partial charge in [0.2, 0.25) is 11.8 Å². The summed E-state index contributed by atoms with van der Waals surface area (Å²) in [4.78, 5) is 27.7. The van der Waals surface area contributed by atoms with Crippen LogP contribution in [-0.2, 0) is 14.3 Å². The number of hydrogen-bond donors (Lipinski definition) is 1. The maximum Gasteiger partial charge on any atom is 0.245 e. The smallest absolute Gasteiger partial charge is 0.245 e. The number of rotatable bonds is 4. The molecular weight excluding hydrogens is 258 g/mol. The highest BCUT2D eigenvalue weighted by Crippen LogP contribution is 2.18. The standard InChI is InChI=1S/C14H25N3O3/c1-14(2,10-20-3)17-8-6-16(7-9-17)13(19)11-4-5-12(18)15-11/h11H,4-10H2,1-3H3,(H,15,18)/t11-/m1/s1. The Kier molecular flexibility index (Phi) is 4.65. The minimum atomic E-state index is -0.305. The molecule has 2 amide bonds. The number of hydrogen-bond acceptors (Lipinski definition) is 4. The largest absolute Gasteiger partial charge is 0.383 e. The van der Waals surface area contributed by atoms with Crippen LogP contribution in [0.25, 0.3) is 0 Å². The number of piperazine rings is 1. The van der Waals surface area contributed by atoms with Crippen LogP contribution in [0.4, 0.5) is 0 Å². The van der Waals surface area contributed by atoms with Crippen molar-refractivity contribution in [3.05, 3.63) is 0 Å². The third kappa shape index (κ3) is 3.30. The Labute approximate surface area is 120 Å². The van der Waals surface area contributed by atoms with Crippen LogP contribution in [0.2, 0.25) is 0 Å². The van der Waals surface area contributed by atoms with Crippen LogP contribution in [0.1, 0.15) is 26.7 Å². The number of carbonyl (C=O) groups excluding carboxylic acids is 2. The predicted octanol–water partition coefficient (Wildman–Crippen LogP) is -0.166. The normalized spacial score (nSPS) is 24.9. The van der Waals surface area contributed by atoms with Crippen molar-refractivity contribution in [2.75, 3.05) is 39.9 Å². The Morgan fingerprint density at radius 3 is 2.50 bits per heavy atom. The van der Waals surface area contributed by atoms with E-state index in [0.29, 0.717) is 19.4 Å². The van der Waals surface area contributed by atoms with Gasteiger partial charge in [0.15, 0.2) is 0 Å². The summed E-state index contributed by atoms with van der Waals surface area (Å²) in [6.45, 7) is 8.14. The number of ether oxygens (including phenoxy) is 1. The summed E-state index contributed by atoms with van der Waals surface area (Å²) < 4.78 is 5.26.